The largest absolute Gasteiger partial charge is 0.370 e. The molecule has 0 radical (unpaired) electrons. The number of nitrogens with one attached hydrogen (secondary N) is 1. The summed E-state index contributed by atoms with van der Waals surface area (Å²) < 4.78 is 12.6. The van der Waals surface area contributed by atoms with Crippen molar-refractivity contribution in [2.45, 2.75) is 25.6 Å². The molecule has 0 spiro atoms. The van der Waals surface area contributed by atoms with Crippen molar-refractivity contribution in [3.63, 3.8) is 0 Å². The van der Waals surface area contributed by atoms with Gasteiger partial charge < -0.3 is 15.8 Å². The molecular weight excluding hydrogens is 323 g/mol. The van der Waals surface area contributed by atoms with E-state index in [2.05, 4.69) is 5.32 Å². The quantitative estimate of drug-likeness (QED) is 0.722. The molecule has 0 saturated carbocycles. The van der Waals surface area contributed by atoms with Crippen LogP contribution in [-0.4, -0.2) is 24.1 Å². The number of aldehydes is 1. The Bertz CT molecular complexity index is 760. The van der Waals surface area contributed by atoms with Gasteiger partial charge in [-0.05, 0) is 29.2 Å². The smallest absolute Gasteiger partial charge is 0.252 e. The van der Waals surface area contributed by atoms with Crippen LogP contribution in [0.3, 0.4) is 0 Å². The van der Waals surface area contributed by atoms with Crippen molar-refractivity contribution < 1.29 is 18.8 Å². The summed E-state index contributed by atoms with van der Waals surface area (Å²) in [5.41, 5.74) is 7.45. The summed E-state index contributed by atoms with van der Waals surface area (Å²) in [5, 5.41) is 2.60. The van der Waals surface area contributed by atoms with E-state index in [0.29, 0.717) is 23.0 Å². The number of carbonyl (C=O) groups excluding carboxylic acids is 3. The van der Waals surface area contributed by atoms with Crippen LogP contribution in [0, 0.1) is 0 Å². The van der Waals surface area contributed by atoms with Gasteiger partial charge in [0.25, 0.3) is 5.91 Å². The number of benzene rings is 2. The van der Waals surface area contributed by atoms with Gasteiger partial charge in [0.1, 0.15) is 13.0 Å². The molecule has 1 unspecified atom stereocenters. The average molecular weight is 342 g/mol. The third kappa shape index (κ3) is 4.97. The minimum Gasteiger partial charge on any atom is -0.370 e. The van der Waals surface area contributed by atoms with E-state index in [4.69, 9.17) is 5.73 Å². The molecule has 6 heteroatoms. The molecule has 2 aromatic carbocycles. The number of rotatable bonds is 8. The minimum atomic E-state index is -0.790. The molecule has 2 aromatic rings. The van der Waals surface area contributed by atoms with Crippen LogP contribution >= 0.6 is 0 Å². The lowest BCUT2D eigenvalue weighted by molar-refractivity contribution is -0.118. The first-order valence-corrected chi connectivity index (χ1v) is 7.84. The Kier molecular flexibility index (Phi) is 6.39. The van der Waals surface area contributed by atoms with Crippen molar-refractivity contribution in [3.05, 3.63) is 59.7 Å². The van der Waals surface area contributed by atoms with Gasteiger partial charge in [-0.3, -0.25) is 9.59 Å². The molecule has 0 aromatic heterocycles. The van der Waals surface area contributed by atoms with Gasteiger partial charge in [0.15, 0.2) is 0 Å². The van der Waals surface area contributed by atoms with Gasteiger partial charge in [0, 0.05) is 12.0 Å². The molecule has 2 rings (SSSR count). The van der Waals surface area contributed by atoms with Crippen LogP contribution in [0.25, 0.3) is 11.1 Å². The Balaban J connectivity index is 2.22. The van der Waals surface area contributed by atoms with E-state index in [0.717, 1.165) is 5.56 Å². The first-order chi connectivity index (χ1) is 12.0. The van der Waals surface area contributed by atoms with E-state index in [1.54, 1.807) is 48.5 Å². The van der Waals surface area contributed by atoms with E-state index in [1.165, 1.54) is 0 Å². The molecule has 0 heterocycles. The van der Waals surface area contributed by atoms with E-state index in [1.807, 2.05) is 0 Å². The fraction of sp³-hybridized carbons (Fsp3) is 0.211. The molecule has 0 fully saturated rings. The van der Waals surface area contributed by atoms with Gasteiger partial charge >= 0.3 is 0 Å². The third-order valence-electron chi connectivity index (χ3n) is 3.77. The van der Waals surface area contributed by atoms with Crippen LogP contribution in [0.5, 0.6) is 0 Å². The number of alkyl halides is 1. The molecule has 0 aliphatic rings. The van der Waals surface area contributed by atoms with E-state index >= 15 is 0 Å². The fourth-order valence-electron chi connectivity index (χ4n) is 2.42. The molecule has 130 valence electrons. The lowest BCUT2D eigenvalue weighted by atomic mass is 9.98. The molecule has 25 heavy (non-hydrogen) atoms. The van der Waals surface area contributed by atoms with Gasteiger partial charge in [0.05, 0.1) is 6.04 Å². The van der Waals surface area contributed by atoms with Crippen molar-refractivity contribution in [3.8, 4) is 11.1 Å². The van der Waals surface area contributed by atoms with Crippen LogP contribution in [0.15, 0.2) is 48.5 Å². The maximum atomic E-state index is 12.6. The number of hydrogen-bond donors (Lipinski definition) is 2. The molecule has 2 amide bonds. The predicted octanol–water partition coefficient (Wildman–Crippen LogP) is 2.39. The Hall–Kier alpha value is -3.02. The number of amides is 2. The summed E-state index contributed by atoms with van der Waals surface area (Å²) in [7, 11) is 0. The monoisotopic (exact) mass is 342 g/mol. The number of primary amides is 1. The SMILES string of the molecule is NC(=O)CCC(C=O)NC(=O)c1ccccc1-c1ccc(CF)cc1. The second-order valence-electron chi connectivity index (χ2n) is 5.60. The second-order valence-corrected chi connectivity index (χ2v) is 5.60. The maximum Gasteiger partial charge on any atom is 0.252 e. The number of nitrogens with two attached hydrogens (primary N) is 1. The summed E-state index contributed by atoms with van der Waals surface area (Å²) in [4.78, 5) is 34.5. The number of hydrogen-bond acceptors (Lipinski definition) is 3. The van der Waals surface area contributed by atoms with Crippen molar-refractivity contribution in [1.82, 2.24) is 5.32 Å². The molecule has 0 saturated heterocycles. The first kappa shape index (κ1) is 18.3. The zero-order valence-electron chi connectivity index (χ0n) is 13.6. The number of carbonyl (C=O) groups is 3. The van der Waals surface area contributed by atoms with Crippen LogP contribution in [0.1, 0.15) is 28.8 Å². The normalized spacial score (nSPS) is 11.6. The molecule has 0 bridgehead atoms. The number of halogens is 1. The summed E-state index contributed by atoms with van der Waals surface area (Å²) in [6, 6.07) is 12.9. The maximum absolute atomic E-state index is 12.6. The van der Waals surface area contributed by atoms with Crippen LogP contribution < -0.4 is 11.1 Å². The van der Waals surface area contributed by atoms with E-state index in [9.17, 15) is 18.8 Å². The Morgan fingerprint density at radius 1 is 1.12 bits per heavy atom. The lowest BCUT2D eigenvalue weighted by Crippen LogP contribution is -2.37. The van der Waals surface area contributed by atoms with Crippen molar-refractivity contribution >= 4 is 18.1 Å². The van der Waals surface area contributed by atoms with Gasteiger partial charge in [-0.2, -0.15) is 0 Å². The first-order valence-electron chi connectivity index (χ1n) is 7.84. The zero-order chi connectivity index (χ0) is 18.2. The summed E-state index contributed by atoms with van der Waals surface area (Å²) in [5.74, 6) is -0.957. The van der Waals surface area contributed by atoms with Crippen LogP contribution in [0.4, 0.5) is 4.39 Å². The van der Waals surface area contributed by atoms with Gasteiger partial charge in [-0.25, -0.2) is 4.39 Å². The molecule has 0 aliphatic carbocycles. The van der Waals surface area contributed by atoms with Crippen LogP contribution in [-0.2, 0) is 16.3 Å². The molecular formula is C19H19FN2O3. The van der Waals surface area contributed by atoms with Crippen molar-refractivity contribution in [2.24, 2.45) is 5.73 Å². The van der Waals surface area contributed by atoms with Crippen molar-refractivity contribution in [2.75, 3.05) is 0 Å². The molecule has 5 nitrogen and oxygen atoms in total. The topological polar surface area (TPSA) is 89.3 Å². The third-order valence-corrected chi connectivity index (χ3v) is 3.77. The zero-order valence-corrected chi connectivity index (χ0v) is 13.6. The standard InChI is InChI=1S/C19H19FN2O3/c20-11-13-5-7-14(8-6-13)16-3-1-2-4-17(16)19(25)22-15(12-23)9-10-18(21)24/h1-8,12,15H,9-11H2,(H2,21,24)(H,22,25). The summed E-state index contributed by atoms with van der Waals surface area (Å²) in [6.45, 7) is -0.552. The summed E-state index contributed by atoms with van der Waals surface area (Å²) in [6.07, 6.45) is 0.744. The Morgan fingerprint density at radius 2 is 1.80 bits per heavy atom. The predicted molar refractivity (Wildman–Crippen MR) is 92.4 cm³/mol. The fourth-order valence-corrected chi connectivity index (χ4v) is 2.42. The van der Waals surface area contributed by atoms with E-state index in [-0.39, 0.29) is 12.8 Å². The van der Waals surface area contributed by atoms with Crippen molar-refractivity contribution in [1.29, 1.82) is 0 Å². The highest BCUT2D eigenvalue weighted by Gasteiger charge is 2.17. The molecule has 1 atom stereocenters. The highest BCUT2D eigenvalue weighted by atomic mass is 19.1. The average Bonchev–Trinajstić information content (AvgIpc) is 2.64. The highest BCUT2D eigenvalue weighted by molar-refractivity contribution is 6.01. The van der Waals surface area contributed by atoms with Gasteiger partial charge in [0.2, 0.25) is 5.91 Å². The lowest BCUT2D eigenvalue weighted by Gasteiger charge is -2.14. The van der Waals surface area contributed by atoms with Crippen LogP contribution in [0.2, 0.25) is 0 Å². The van der Waals surface area contributed by atoms with Gasteiger partial charge in [-0.1, -0.05) is 42.5 Å². The summed E-state index contributed by atoms with van der Waals surface area (Å²) >= 11 is 0. The Morgan fingerprint density at radius 3 is 2.40 bits per heavy atom. The molecule has 3 N–H and O–H groups in total. The Labute approximate surface area is 145 Å². The second kappa shape index (κ2) is 8.73. The van der Waals surface area contributed by atoms with Gasteiger partial charge in [-0.15, -0.1) is 0 Å². The van der Waals surface area contributed by atoms with E-state index < -0.39 is 24.5 Å². The minimum absolute atomic E-state index is 0.00995. The molecule has 0 aliphatic heterocycles. The highest BCUT2D eigenvalue weighted by Crippen LogP contribution is 2.24.